The summed E-state index contributed by atoms with van der Waals surface area (Å²) in [5.74, 6) is 1.92. The third-order valence-electron chi connectivity index (χ3n) is 3.12. The first kappa shape index (κ1) is 28.0. The van der Waals surface area contributed by atoms with Crippen molar-refractivity contribution in [2.75, 3.05) is 35.2 Å². The fourth-order valence-electron chi connectivity index (χ4n) is 2.12. The third kappa shape index (κ3) is 18.8. The zero-order chi connectivity index (χ0) is 13.7. The van der Waals surface area contributed by atoms with E-state index in [1.165, 1.54) is 25.6 Å². The number of hydrogen-bond acceptors (Lipinski definition) is 0. The summed E-state index contributed by atoms with van der Waals surface area (Å²) in [7, 11) is 8.93. The topological polar surface area (TPSA) is 42.3 Å². The van der Waals surface area contributed by atoms with Crippen LogP contribution in [-0.2, 0) is 25.8 Å². The van der Waals surface area contributed by atoms with Gasteiger partial charge in [-0.25, -0.2) is 0 Å². The van der Waals surface area contributed by atoms with Crippen molar-refractivity contribution in [1.29, 1.82) is 0 Å². The van der Waals surface area contributed by atoms with Crippen molar-refractivity contribution in [3.63, 3.8) is 0 Å². The Morgan fingerprint density at radius 1 is 1.00 bits per heavy atom. The molecule has 19 heavy (non-hydrogen) atoms. The van der Waals surface area contributed by atoms with E-state index in [1.807, 2.05) is 7.05 Å². The van der Waals surface area contributed by atoms with Crippen LogP contribution in [0.4, 0.5) is 0 Å². The van der Waals surface area contributed by atoms with E-state index in [-0.39, 0.29) is 33.3 Å². The van der Waals surface area contributed by atoms with Crippen molar-refractivity contribution in [1.82, 2.24) is 0 Å². The Balaban J connectivity index is -0.000000122. The molecule has 0 bridgehead atoms. The van der Waals surface area contributed by atoms with Gasteiger partial charge in [-0.3, -0.25) is 0 Å². The molecule has 1 aliphatic carbocycles. The molecule has 3 nitrogen and oxygen atoms in total. The van der Waals surface area contributed by atoms with E-state index in [0.29, 0.717) is 6.85 Å². The largest absolute Gasteiger partial charge is 4.00 e. The van der Waals surface area contributed by atoms with Crippen LogP contribution >= 0.6 is 0 Å². The molecule has 1 aliphatic rings. The fourth-order valence-corrected chi connectivity index (χ4v) is 2.12. The van der Waals surface area contributed by atoms with Crippen LogP contribution < -0.4 is 0 Å². The summed E-state index contributed by atoms with van der Waals surface area (Å²) in [5.41, 5.74) is 0. The molecule has 0 aliphatic heterocycles. The minimum Gasteiger partial charge on any atom is -0.689 e. The first-order valence-electron chi connectivity index (χ1n) is 6.62. The Morgan fingerprint density at radius 3 is 1.68 bits per heavy atom. The second kappa shape index (κ2) is 21.1. The molecular formula is C14H34BHfN3. The molecule has 2 atom stereocenters. The van der Waals surface area contributed by atoms with Gasteiger partial charge in [-0.15, -0.1) is 6.82 Å². The second-order valence-electron chi connectivity index (χ2n) is 4.91. The summed E-state index contributed by atoms with van der Waals surface area (Å²) < 4.78 is 0. The Kier molecular flexibility index (Phi) is 31.2. The van der Waals surface area contributed by atoms with E-state index < -0.39 is 0 Å². The number of hydrogen-bond donors (Lipinski definition) is 0. The molecule has 0 aromatic carbocycles. The van der Waals surface area contributed by atoms with E-state index in [0.717, 1.165) is 11.8 Å². The van der Waals surface area contributed by atoms with Crippen molar-refractivity contribution in [2.45, 2.75) is 39.3 Å². The van der Waals surface area contributed by atoms with Gasteiger partial charge in [-0.05, 0) is 11.8 Å². The third-order valence-corrected chi connectivity index (χ3v) is 3.12. The average molecular weight is 434 g/mol. The molecule has 5 heteroatoms. The van der Waals surface area contributed by atoms with Gasteiger partial charge >= 0.3 is 25.8 Å². The maximum Gasteiger partial charge on any atom is 4.00 e. The second-order valence-corrected chi connectivity index (χ2v) is 4.91. The first-order valence-corrected chi connectivity index (χ1v) is 6.62. The molecule has 0 radical (unpaired) electrons. The predicted octanol–water partition coefficient (Wildman–Crippen LogP) is 4.73. The van der Waals surface area contributed by atoms with Gasteiger partial charge in [-0.2, -0.15) is 35.2 Å². The Bertz CT molecular complexity index is 149. The predicted molar refractivity (Wildman–Crippen MR) is 89.0 cm³/mol. The maximum absolute atomic E-state index is 4.29. The Morgan fingerprint density at radius 2 is 1.42 bits per heavy atom. The quantitative estimate of drug-likeness (QED) is 0.456. The van der Waals surface area contributed by atoms with Crippen LogP contribution in [0.2, 0.25) is 13.1 Å². The fraction of sp³-hybridized carbons (Fsp3) is 0.929. The Hall–Kier alpha value is 0.815. The van der Waals surface area contributed by atoms with Crippen LogP contribution in [0.15, 0.2) is 0 Å². The van der Waals surface area contributed by atoms with Gasteiger partial charge in [0.25, 0.3) is 0 Å². The van der Waals surface area contributed by atoms with Crippen molar-refractivity contribution in [3.05, 3.63) is 23.3 Å². The van der Waals surface area contributed by atoms with Gasteiger partial charge in [0, 0.05) is 6.85 Å². The van der Waals surface area contributed by atoms with Crippen LogP contribution in [0.3, 0.4) is 0 Å². The molecule has 0 saturated heterocycles. The van der Waals surface area contributed by atoms with Crippen molar-refractivity contribution < 1.29 is 25.8 Å². The number of nitrogens with zero attached hydrogens (tertiary/aromatic N) is 3. The van der Waals surface area contributed by atoms with E-state index in [1.54, 1.807) is 28.2 Å². The molecular weight excluding hydrogens is 399 g/mol. The van der Waals surface area contributed by atoms with Gasteiger partial charge in [-0.1, -0.05) is 32.5 Å². The Labute approximate surface area is 142 Å². The molecule has 1 rings (SSSR count). The molecule has 0 N–H and O–H groups in total. The summed E-state index contributed by atoms with van der Waals surface area (Å²) >= 11 is 0. The van der Waals surface area contributed by atoms with Crippen LogP contribution in [0.5, 0.6) is 0 Å². The van der Waals surface area contributed by atoms with Crippen molar-refractivity contribution >= 4 is 6.85 Å². The minimum absolute atomic E-state index is 0. The van der Waals surface area contributed by atoms with Crippen molar-refractivity contribution in [2.24, 2.45) is 11.8 Å². The summed E-state index contributed by atoms with van der Waals surface area (Å²) in [6, 6.07) is 0. The smallest absolute Gasteiger partial charge is 0.689 e. The van der Waals surface area contributed by atoms with Gasteiger partial charge in [0.2, 0.25) is 0 Å². The normalized spacial score (nSPS) is 19.7. The molecule has 0 spiro atoms. The van der Waals surface area contributed by atoms with Gasteiger partial charge < -0.3 is 23.3 Å². The maximum atomic E-state index is 4.29. The summed E-state index contributed by atoms with van der Waals surface area (Å²) in [5, 5.41) is 11.3. The summed E-state index contributed by atoms with van der Waals surface area (Å²) in [4.78, 5) is 0. The van der Waals surface area contributed by atoms with E-state index in [4.69, 9.17) is 0 Å². The van der Waals surface area contributed by atoms with Gasteiger partial charge in [0.15, 0.2) is 0 Å². The van der Waals surface area contributed by atoms with E-state index in [2.05, 4.69) is 29.6 Å². The van der Waals surface area contributed by atoms with Crippen LogP contribution in [0, 0.1) is 19.3 Å². The van der Waals surface area contributed by atoms with Gasteiger partial charge in [0.1, 0.15) is 0 Å². The SMILES string of the molecule is C[N-]B(C)CC1CCC[C@@H]1C.C[N-]C.C[N-]C.[CH3-].[Hf+4]. The molecule has 112 valence electrons. The first-order chi connectivity index (χ1) is 8.06. The molecule has 0 aromatic rings. The van der Waals surface area contributed by atoms with Crippen LogP contribution in [-0.4, -0.2) is 42.1 Å². The summed E-state index contributed by atoms with van der Waals surface area (Å²) in [6.07, 6.45) is 5.65. The van der Waals surface area contributed by atoms with E-state index >= 15 is 0 Å². The molecule has 1 fully saturated rings. The molecule has 1 saturated carbocycles. The van der Waals surface area contributed by atoms with E-state index in [9.17, 15) is 0 Å². The van der Waals surface area contributed by atoms with Crippen molar-refractivity contribution in [3.8, 4) is 0 Å². The number of rotatable bonds is 3. The average Bonchev–Trinajstić information content (AvgIpc) is 2.66. The van der Waals surface area contributed by atoms with Gasteiger partial charge in [0.05, 0.1) is 0 Å². The zero-order valence-corrected chi connectivity index (χ0v) is 18.0. The molecule has 1 unspecified atom stereocenters. The minimum atomic E-state index is 0. The van der Waals surface area contributed by atoms with Crippen LogP contribution in [0.1, 0.15) is 26.2 Å². The molecule has 0 amide bonds. The standard InChI is InChI=1S/C9H19BN.2C2H6N.CH3.Hf/c1-8-5-4-6-9(8)7-10(2)11-3;2*1-3-2;;/h8-9H,4-7H2,1-3H3;2*1-2H3;1H3;/q4*-1;+4/t8-,9?;;;;/m0..../s1. The monoisotopic (exact) mass is 435 g/mol. The summed E-state index contributed by atoms with van der Waals surface area (Å²) in [6.45, 7) is 5.20. The molecule has 0 heterocycles. The van der Waals surface area contributed by atoms with Crippen LogP contribution in [0.25, 0.3) is 15.9 Å². The molecule has 0 aromatic heterocycles. The zero-order valence-electron chi connectivity index (χ0n) is 14.4.